The number of nitrogens with one attached hydrogen (secondary N) is 2. The highest BCUT2D eigenvalue weighted by Gasteiger charge is 2.26. The minimum absolute atomic E-state index is 0.00916. The Balaban J connectivity index is 1.34. The van der Waals surface area contributed by atoms with Crippen molar-refractivity contribution in [3.8, 4) is 0 Å². The molecule has 2 aliphatic heterocycles. The average Bonchev–Trinajstić information content (AvgIpc) is 3.25. The highest BCUT2D eigenvalue weighted by Crippen LogP contribution is 2.17. The quantitative estimate of drug-likeness (QED) is 0.799. The summed E-state index contributed by atoms with van der Waals surface area (Å²) in [7, 11) is 0. The molecule has 27 heavy (non-hydrogen) atoms. The lowest BCUT2D eigenvalue weighted by molar-refractivity contribution is 0.0659. The topological polar surface area (TPSA) is 71.7 Å². The van der Waals surface area contributed by atoms with Crippen molar-refractivity contribution in [2.24, 2.45) is 5.92 Å². The maximum Gasteiger partial charge on any atom is 0.317 e. The van der Waals surface area contributed by atoms with E-state index < -0.39 is 0 Å². The Bertz CT molecular complexity index is 588. The Kier molecular flexibility index (Phi) is 7.15. The number of likely N-dealkylation sites (tertiary alicyclic amines) is 1. The fourth-order valence-corrected chi connectivity index (χ4v) is 3.89. The molecule has 150 valence electrons. The van der Waals surface area contributed by atoms with Gasteiger partial charge in [-0.3, -0.25) is 4.79 Å². The third kappa shape index (κ3) is 5.48. The van der Waals surface area contributed by atoms with Gasteiger partial charge in [-0.25, -0.2) is 4.79 Å². The van der Waals surface area contributed by atoms with Gasteiger partial charge < -0.3 is 25.0 Å². The monoisotopic (exact) mass is 375 g/mol. The van der Waals surface area contributed by atoms with Crippen molar-refractivity contribution in [2.45, 2.75) is 32.6 Å². The molecule has 7 nitrogen and oxygen atoms in total. The second kappa shape index (κ2) is 9.78. The van der Waals surface area contributed by atoms with Crippen molar-refractivity contribution in [3.05, 3.63) is 24.0 Å². The van der Waals surface area contributed by atoms with Crippen LogP contribution in [0.4, 0.5) is 4.79 Å². The number of carbonyl (C=O) groups excluding carboxylic acids is 2. The van der Waals surface area contributed by atoms with Crippen molar-refractivity contribution < 1.29 is 9.59 Å². The number of hydrogen-bond acceptors (Lipinski definition) is 3. The first-order valence-electron chi connectivity index (χ1n) is 10.3. The third-order valence-corrected chi connectivity index (χ3v) is 5.76. The molecule has 3 heterocycles. The Labute approximate surface area is 162 Å². The molecule has 0 atom stereocenters. The number of amides is 3. The molecule has 2 fully saturated rings. The van der Waals surface area contributed by atoms with Gasteiger partial charge in [0.1, 0.15) is 5.69 Å². The minimum Gasteiger partial charge on any atom is -0.357 e. The summed E-state index contributed by atoms with van der Waals surface area (Å²) in [6.07, 6.45) is 6.62. The highest BCUT2D eigenvalue weighted by atomic mass is 16.2. The summed E-state index contributed by atoms with van der Waals surface area (Å²) in [6.45, 7) is 8.87. The number of unbranched alkanes of at least 4 members (excludes halogenated alkanes) is 1. The van der Waals surface area contributed by atoms with E-state index in [0.717, 1.165) is 19.6 Å². The van der Waals surface area contributed by atoms with Gasteiger partial charge in [-0.05, 0) is 56.9 Å². The molecular weight excluding hydrogens is 342 g/mol. The summed E-state index contributed by atoms with van der Waals surface area (Å²) in [5.41, 5.74) is 0.609. The zero-order valence-corrected chi connectivity index (χ0v) is 16.5. The number of hydrogen-bond donors (Lipinski definition) is 2. The number of H-pyrrole nitrogens is 1. The van der Waals surface area contributed by atoms with E-state index in [9.17, 15) is 9.59 Å². The van der Waals surface area contributed by atoms with Gasteiger partial charge in [0.15, 0.2) is 0 Å². The number of aromatic amines is 1. The lowest BCUT2D eigenvalue weighted by Crippen LogP contribution is -2.53. The van der Waals surface area contributed by atoms with Crippen LogP contribution in [0.3, 0.4) is 0 Å². The zero-order valence-electron chi connectivity index (χ0n) is 16.5. The van der Waals surface area contributed by atoms with E-state index in [0.29, 0.717) is 37.8 Å². The average molecular weight is 376 g/mol. The van der Waals surface area contributed by atoms with Crippen molar-refractivity contribution in [2.75, 3.05) is 52.4 Å². The fourth-order valence-electron chi connectivity index (χ4n) is 3.89. The van der Waals surface area contributed by atoms with Crippen LogP contribution >= 0.6 is 0 Å². The number of nitrogens with zero attached hydrogens (tertiary/aromatic N) is 3. The maximum atomic E-state index is 12.4. The van der Waals surface area contributed by atoms with Crippen LogP contribution in [0.25, 0.3) is 0 Å². The summed E-state index contributed by atoms with van der Waals surface area (Å²) in [5, 5.41) is 3.11. The SMILES string of the molecule is CCCCN1CCC(CNC(=O)N2CCN(C(=O)c3ccc[nH]3)CC2)CC1. The Morgan fingerprint density at radius 1 is 1.11 bits per heavy atom. The Morgan fingerprint density at radius 2 is 1.81 bits per heavy atom. The molecule has 0 spiro atoms. The van der Waals surface area contributed by atoms with E-state index in [1.807, 2.05) is 15.9 Å². The van der Waals surface area contributed by atoms with Gasteiger partial charge >= 0.3 is 6.03 Å². The van der Waals surface area contributed by atoms with Crippen molar-refractivity contribution >= 4 is 11.9 Å². The van der Waals surface area contributed by atoms with Crippen LogP contribution < -0.4 is 5.32 Å². The largest absolute Gasteiger partial charge is 0.357 e. The second-order valence-corrected chi connectivity index (χ2v) is 7.69. The molecule has 3 amide bonds. The highest BCUT2D eigenvalue weighted by molar-refractivity contribution is 5.92. The number of aromatic nitrogens is 1. The van der Waals surface area contributed by atoms with Crippen LogP contribution in [0.5, 0.6) is 0 Å². The van der Waals surface area contributed by atoms with Crippen molar-refractivity contribution in [1.29, 1.82) is 0 Å². The first-order chi connectivity index (χ1) is 13.2. The van der Waals surface area contributed by atoms with Crippen LogP contribution in [-0.2, 0) is 0 Å². The molecule has 0 radical (unpaired) electrons. The van der Waals surface area contributed by atoms with Crippen LogP contribution in [0.1, 0.15) is 43.1 Å². The molecule has 2 N–H and O–H groups in total. The summed E-state index contributed by atoms with van der Waals surface area (Å²) >= 11 is 0. The predicted octanol–water partition coefficient (Wildman–Crippen LogP) is 1.99. The van der Waals surface area contributed by atoms with Crippen LogP contribution in [0.15, 0.2) is 18.3 Å². The van der Waals surface area contributed by atoms with Gasteiger partial charge in [-0.15, -0.1) is 0 Å². The van der Waals surface area contributed by atoms with Crippen LogP contribution in [0.2, 0.25) is 0 Å². The van der Waals surface area contributed by atoms with Gasteiger partial charge in [0.05, 0.1) is 0 Å². The Hall–Kier alpha value is -2.02. The number of rotatable bonds is 6. The van der Waals surface area contributed by atoms with Crippen molar-refractivity contribution in [1.82, 2.24) is 25.0 Å². The molecule has 1 aromatic rings. The van der Waals surface area contributed by atoms with Crippen LogP contribution in [-0.4, -0.2) is 84.0 Å². The molecule has 0 saturated carbocycles. The first-order valence-corrected chi connectivity index (χ1v) is 10.3. The van der Waals surface area contributed by atoms with E-state index in [4.69, 9.17) is 0 Å². The van der Waals surface area contributed by atoms with Gasteiger partial charge in [0.25, 0.3) is 5.91 Å². The molecule has 7 heteroatoms. The number of piperidine rings is 1. The normalized spacial score (nSPS) is 19.3. The molecule has 2 aliphatic rings. The van der Waals surface area contributed by atoms with Gasteiger partial charge in [0, 0.05) is 38.9 Å². The molecule has 0 aliphatic carbocycles. The minimum atomic E-state index is 0.00916. The second-order valence-electron chi connectivity index (χ2n) is 7.69. The summed E-state index contributed by atoms with van der Waals surface area (Å²) in [5.74, 6) is 0.595. The van der Waals surface area contributed by atoms with E-state index in [2.05, 4.69) is 22.1 Å². The molecule has 0 aromatic carbocycles. The van der Waals surface area contributed by atoms with Crippen LogP contribution in [0, 0.1) is 5.92 Å². The lowest BCUT2D eigenvalue weighted by Gasteiger charge is -2.35. The predicted molar refractivity (Wildman–Crippen MR) is 106 cm³/mol. The number of carbonyl (C=O) groups is 2. The molecule has 0 unspecified atom stereocenters. The smallest absolute Gasteiger partial charge is 0.317 e. The van der Waals surface area contributed by atoms with E-state index in [1.165, 1.54) is 32.2 Å². The maximum absolute atomic E-state index is 12.4. The molecule has 2 saturated heterocycles. The summed E-state index contributed by atoms with van der Waals surface area (Å²) in [4.78, 5) is 33.9. The van der Waals surface area contributed by atoms with Gasteiger partial charge in [0.2, 0.25) is 0 Å². The molecule has 1 aromatic heterocycles. The zero-order chi connectivity index (χ0) is 19.1. The summed E-state index contributed by atoms with van der Waals surface area (Å²) < 4.78 is 0. The fraction of sp³-hybridized carbons (Fsp3) is 0.700. The first kappa shape index (κ1) is 19.7. The third-order valence-electron chi connectivity index (χ3n) is 5.76. The molecule has 3 rings (SSSR count). The van der Waals surface area contributed by atoms with E-state index in [1.54, 1.807) is 12.3 Å². The molecule has 0 bridgehead atoms. The number of urea groups is 1. The Morgan fingerprint density at radius 3 is 2.44 bits per heavy atom. The van der Waals surface area contributed by atoms with Gasteiger partial charge in [-0.1, -0.05) is 13.3 Å². The van der Waals surface area contributed by atoms with E-state index >= 15 is 0 Å². The lowest BCUT2D eigenvalue weighted by atomic mass is 9.96. The van der Waals surface area contributed by atoms with E-state index in [-0.39, 0.29) is 11.9 Å². The van der Waals surface area contributed by atoms with Crippen molar-refractivity contribution in [3.63, 3.8) is 0 Å². The molecular formula is C20H33N5O2. The number of piperazine rings is 1. The van der Waals surface area contributed by atoms with Gasteiger partial charge in [-0.2, -0.15) is 0 Å². The standard InChI is InChI=1S/C20H33N5O2/c1-2-3-9-23-10-6-17(7-11-23)16-22-20(27)25-14-12-24(13-15-25)19(26)18-5-4-8-21-18/h4-5,8,17,21H,2-3,6-7,9-16H2,1H3,(H,22,27). The summed E-state index contributed by atoms with van der Waals surface area (Å²) in [6, 6.07) is 3.62.